The van der Waals surface area contributed by atoms with E-state index in [0.29, 0.717) is 17.7 Å². The predicted molar refractivity (Wildman–Crippen MR) is 75.4 cm³/mol. The first-order valence-corrected chi connectivity index (χ1v) is 6.52. The zero-order valence-corrected chi connectivity index (χ0v) is 11.6. The Morgan fingerprint density at radius 1 is 1.05 bits per heavy atom. The molecule has 3 heteroatoms. The van der Waals surface area contributed by atoms with Crippen molar-refractivity contribution < 1.29 is 4.79 Å². The van der Waals surface area contributed by atoms with Crippen LogP contribution in [0.3, 0.4) is 0 Å². The third kappa shape index (κ3) is 3.25. The summed E-state index contributed by atoms with van der Waals surface area (Å²) in [5, 5.41) is 7.95. The van der Waals surface area contributed by atoms with E-state index < -0.39 is 0 Å². The van der Waals surface area contributed by atoms with Crippen LogP contribution in [0.2, 0.25) is 0 Å². The highest BCUT2D eigenvalue weighted by molar-refractivity contribution is 5.98. The van der Waals surface area contributed by atoms with Crippen molar-refractivity contribution in [2.45, 2.75) is 33.6 Å². The Hall–Kier alpha value is -2.03. The molecule has 0 saturated heterocycles. The summed E-state index contributed by atoms with van der Waals surface area (Å²) in [6.07, 6.45) is 1.43. The van der Waals surface area contributed by atoms with Crippen molar-refractivity contribution in [3.63, 3.8) is 0 Å². The van der Waals surface area contributed by atoms with Gasteiger partial charge in [0.15, 0.2) is 5.78 Å². The first kappa shape index (κ1) is 13.4. The van der Waals surface area contributed by atoms with Crippen LogP contribution in [0, 0.1) is 13.8 Å². The van der Waals surface area contributed by atoms with E-state index in [-0.39, 0.29) is 5.78 Å². The zero-order valence-electron chi connectivity index (χ0n) is 11.6. The molecule has 0 atom stereocenters. The second-order valence-electron chi connectivity index (χ2n) is 4.75. The van der Waals surface area contributed by atoms with Crippen molar-refractivity contribution >= 4 is 5.78 Å². The molecule has 0 bridgehead atoms. The van der Waals surface area contributed by atoms with E-state index in [1.165, 1.54) is 5.56 Å². The normalized spacial score (nSPS) is 10.5. The van der Waals surface area contributed by atoms with Crippen molar-refractivity contribution in [2.24, 2.45) is 0 Å². The predicted octanol–water partition coefficient (Wildman–Crippen LogP) is 3.08. The van der Waals surface area contributed by atoms with Crippen LogP contribution in [-0.2, 0) is 12.8 Å². The molecular formula is C16H18N2O. The summed E-state index contributed by atoms with van der Waals surface area (Å²) < 4.78 is 0. The number of hydrogen-bond donors (Lipinski definition) is 0. The van der Waals surface area contributed by atoms with E-state index in [1.54, 1.807) is 0 Å². The van der Waals surface area contributed by atoms with Crippen LogP contribution in [0.4, 0.5) is 0 Å². The number of Topliss-reactive ketones (excluding diaryl/α,β-unsaturated/α-hetero) is 1. The van der Waals surface area contributed by atoms with Crippen LogP contribution >= 0.6 is 0 Å². The average molecular weight is 254 g/mol. The first-order valence-electron chi connectivity index (χ1n) is 6.52. The van der Waals surface area contributed by atoms with Crippen LogP contribution in [-0.4, -0.2) is 16.0 Å². The number of aryl methyl sites for hydroxylation is 3. The van der Waals surface area contributed by atoms with Crippen LogP contribution in [0.25, 0.3) is 0 Å². The van der Waals surface area contributed by atoms with Crippen molar-refractivity contribution in [1.29, 1.82) is 0 Å². The molecule has 0 saturated carbocycles. The van der Waals surface area contributed by atoms with Crippen molar-refractivity contribution in [3.8, 4) is 0 Å². The van der Waals surface area contributed by atoms with E-state index >= 15 is 0 Å². The van der Waals surface area contributed by atoms with Gasteiger partial charge in [0.2, 0.25) is 0 Å². The quantitative estimate of drug-likeness (QED) is 0.787. The fraction of sp³-hybridized carbons (Fsp3) is 0.312. The Balaban J connectivity index is 2.18. The molecule has 0 aliphatic heterocycles. The van der Waals surface area contributed by atoms with Gasteiger partial charge in [-0.25, -0.2) is 0 Å². The molecule has 1 aromatic carbocycles. The van der Waals surface area contributed by atoms with E-state index in [0.717, 1.165) is 17.7 Å². The number of rotatable bonds is 4. The average Bonchev–Trinajstić information content (AvgIpc) is 2.42. The molecule has 1 aromatic heterocycles. The molecule has 1 heterocycles. The number of hydrogen-bond acceptors (Lipinski definition) is 3. The van der Waals surface area contributed by atoms with E-state index in [4.69, 9.17) is 0 Å². The lowest BCUT2D eigenvalue weighted by Gasteiger charge is -2.05. The van der Waals surface area contributed by atoms with Crippen molar-refractivity contribution in [1.82, 2.24) is 10.2 Å². The second-order valence-corrected chi connectivity index (χ2v) is 4.75. The molecule has 2 aromatic rings. The fourth-order valence-corrected chi connectivity index (χ4v) is 2.01. The van der Waals surface area contributed by atoms with Crippen molar-refractivity contribution in [3.05, 3.63) is 58.4 Å². The van der Waals surface area contributed by atoms with Crippen molar-refractivity contribution in [2.75, 3.05) is 0 Å². The van der Waals surface area contributed by atoms with Gasteiger partial charge in [0.25, 0.3) is 0 Å². The molecule has 0 unspecified atom stereocenters. The maximum atomic E-state index is 12.3. The minimum atomic E-state index is 0.0970. The minimum absolute atomic E-state index is 0.0970. The number of carbonyl (C=O) groups is 1. The summed E-state index contributed by atoms with van der Waals surface area (Å²) in [6, 6.07) is 10.0. The Kier molecular flexibility index (Phi) is 4.05. The molecule has 0 spiro atoms. The Bertz CT molecular complexity index is 588. The summed E-state index contributed by atoms with van der Waals surface area (Å²) in [5.41, 5.74) is 4.47. The molecule has 98 valence electrons. The summed E-state index contributed by atoms with van der Waals surface area (Å²) in [4.78, 5) is 12.3. The fourth-order valence-electron chi connectivity index (χ4n) is 2.01. The largest absolute Gasteiger partial charge is 0.294 e. The lowest BCUT2D eigenvalue weighted by atomic mass is 10.0. The number of aromatic nitrogens is 2. The lowest BCUT2D eigenvalue weighted by Crippen LogP contribution is -2.08. The number of benzene rings is 1. The Labute approximate surface area is 113 Å². The van der Waals surface area contributed by atoms with Gasteiger partial charge in [-0.2, -0.15) is 10.2 Å². The van der Waals surface area contributed by atoms with Gasteiger partial charge in [0, 0.05) is 12.0 Å². The van der Waals surface area contributed by atoms with Crippen LogP contribution in [0.1, 0.15) is 39.8 Å². The van der Waals surface area contributed by atoms with Gasteiger partial charge in [0.1, 0.15) is 0 Å². The van der Waals surface area contributed by atoms with E-state index in [1.807, 2.05) is 32.0 Å². The van der Waals surface area contributed by atoms with Gasteiger partial charge < -0.3 is 0 Å². The number of ketones is 1. The van der Waals surface area contributed by atoms with E-state index in [9.17, 15) is 4.79 Å². The van der Waals surface area contributed by atoms with Gasteiger partial charge in [-0.3, -0.25) is 4.79 Å². The Morgan fingerprint density at radius 3 is 2.32 bits per heavy atom. The van der Waals surface area contributed by atoms with Crippen LogP contribution in [0.5, 0.6) is 0 Å². The monoisotopic (exact) mass is 254 g/mol. The second kappa shape index (κ2) is 5.74. The van der Waals surface area contributed by atoms with Crippen LogP contribution in [0.15, 0.2) is 30.3 Å². The van der Waals surface area contributed by atoms with Gasteiger partial charge in [-0.05, 0) is 37.5 Å². The molecule has 0 radical (unpaired) electrons. The summed E-state index contributed by atoms with van der Waals surface area (Å²) >= 11 is 0. The highest BCUT2D eigenvalue weighted by atomic mass is 16.1. The molecule has 0 fully saturated rings. The molecule has 0 amide bonds. The molecule has 2 rings (SSSR count). The lowest BCUT2D eigenvalue weighted by molar-refractivity contribution is 0.0991. The summed E-state index contributed by atoms with van der Waals surface area (Å²) in [5.74, 6) is 0.0970. The molecule has 0 N–H and O–H groups in total. The van der Waals surface area contributed by atoms with E-state index in [2.05, 4.69) is 29.3 Å². The highest BCUT2D eigenvalue weighted by Gasteiger charge is 2.11. The smallest absolute Gasteiger partial charge is 0.169 e. The van der Waals surface area contributed by atoms with Crippen LogP contribution < -0.4 is 0 Å². The number of nitrogens with zero attached hydrogens (tertiary/aromatic N) is 2. The zero-order chi connectivity index (χ0) is 13.8. The SMILES string of the molecule is CCc1ccc(CC(=O)c2cc(C)nnc2C)cc1. The summed E-state index contributed by atoms with van der Waals surface area (Å²) in [7, 11) is 0. The maximum absolute atomic E-state index is 12.3. The molecule has 3 nitrogen and oxygen atoms in total. The maximum Gasteiger partial charge on any atom is 0.169 e. The highest BCUT2D eigenvalue weighted by Crippen LogP contribution is 2.12. The first-order chi connectivity index (χ1) is 9.10. The third-order valence-electron chi connectivity index (χ3n) is 3.20. The molecule has 0 aliphatic rings. The van der Waals surface area contributed by atoms with Gasteiger partial charge in [-0.15, -0.1) is 0 Å². The molecule has 19 heavy (non-hydrogen) atoms. The van der Waals surface area contributed by atoms with Gasteiger partial charge >= 0.3 is 0 Å². The summed E-state index contributed by atoms with van der Waals surface area (Å²) in [6.45, 7) is 5.79. The van der Waals surface area contributed by atoms with Gasteiger partial charge in [-0.1, -0.05) is 31.2 Å². The van der Waals surface area contributed by atoms with Gasteiger partial charge in [0.05, 0.1) is 11.4 Å². The topological polar surface area (TPSA) is 42.9 Å². The molecular weight excluding hydrogens is 236 g/mol. The minimum Gasteiger partial charge on any atom is -0.294 e. The third-order valence-corrected chi connectivity index (χ3v) is 3.20. The Morgan fingerprint density at radius 2 is 1.68 bits per heavy atom. The number of carbonyl (C=O) groups excluding carboxylic acids is 1. The molecule has 0 aliphatic carbocycles. The standard InChI is InChI=1S/C16H18N2O/c1-4-13-5-7-14(8-6-13)10-16(19)15-9-11(2)17-18-12(15)3/h5-9H,4,10H2,1-3H3.